The van der Waals surface area contributed by atoms with E-state index in [-0.39, 0.29) is 16.3 Å². The predicted molar refractivity (Wildman–Crippen MR) is 186 cm³/mol. The number of hydrogen-bond donors (Lipinski definition) is 1. The maximum absolute atomic E-state index is 5.09. The number of nitrogens with one attached hydrogen (secondary N) is 1. The summed E-state index contributed by atoms with van der Waals surface area (Å²) >= 11 is 0. The lowest BCUT2D eigenvalue weighted by Crippen LogP contribution is -2.44. The Balaban J connectivity index is 0.00000215. The van der Waals surface area contributed by atoms with Gasteiger partial charge in [-0.2, -0.15) is 0 Å². The average Bonchev–Trinajstić information content (AvgIpc) is 3.41. The van der Waals surface area contributed by atoms with Crippen LogP contribution in [0.15, 0.2) is 83.9 Å². The molecule has 1 N–H and O–H groups in total. The lowest BCUT2D eigenvalue weighted by atomic mass is 10.00. The fraction of sp³-hybridized carbons (Fsp3) is 0.389. The Morgan fingerprint density at radius 2 is 1.74 bits per heavy atom. The van der Waals surface area contributed by atoms with Crippen molar-refractivity contribution in [1.82, 2.24) is 20.1 Å². The summed E-state index contributed by atoms with van der Waals surface area (Å²) < 4.78 is 0. The second-order valence-electron chi connectivity index (χ2n) is 10.8. The number of aliphatic imine (C=N–C) groups is 1. The number of anilines is 1. The van der Waals surface area contributed by atoms with E-state index in [1.165, 1.54) is 12.8 Å². The van der Waals surface area contributed by atoms with Crippen LogP contribution in [0.5, 0.6) is 0 Å². The van der Waals surface area contributed by atoms with Gasteiger partial charge in [-0.3, -0.25) is 0 Å². The topological polar surface area (TPSA) is 47.0 Å². The third kappa shape index (κ3) is 7.89. The zero-order valence-corrected chi connectivity index (χ0v) is 24.2. The SMILES string of the molecule is C.C.C=Cc1ccc(C2=NC(N3CCCC3)=CCC=C2)cc1/C=C(\C)N/C(=C/C)c1ccnc(N2CCN(C)CC2)c1.[HH]. The van der Waals surface area contributed by atoms with Crippen molar-refractivity contribution in [2.45, 2.75) is 48.0 Å². The summed E-state index contributed by atoms with van der Waals surface area (Å²) in [7, 11) is 2.18. The van der Waals surface area contributed by atoms with Crippen LogP contribution in [0.4, 0.5) is 5.82 Å². The number of allylic oxidation sites excluding steroid dienone is 5. The number of hydrogen-bond acceptors (Lipinski definition) is 6. The van der Waals surface area contributed by atoms with Gasteiger partial charge in [0.2, 0.25) is 0 Å². The summed E-state index contributed by atoms with van der Waals surface area (Å²) in [6.45, 7) is 14.6. The highest BCUT2D eigenvalue weighted by atomic mass is 15.3. The minimum Gasteiger partial charge on any atom is -0.359 e. The predicted octanol–water partition coefficient (Wildman–Crippen LogP) is 7.69. The third-order valence-electron chi connectivity index (χ3n) is 7.86. The van der Waals surface area contributed by atoms with Crippen LogP contribution in [-0.4, -0.2) is 66.8 Å². The first-order valence-electron chi connectivity index (χ1n) is 14.5. The highest BCUT2D eigenvalue weighted by molar-refractivity contribution is 6.09. The van der Waals surface area contributed by atoms with E-state index < -0.39 is 0 Å². The van der Waals surface area contributed by atoms with Crippen molar-refractivity contribution in [3.63, 3.8) is 0 Å². The van der Waals surface area contributed by atoms with Crippen molar-refractivity contribution in [2.75, 3.05) is 51.2 Å². The van der Waals surface area contributed by atoms with Crippen LogP contribution in [0.25, 0.3) is 17.8 Å². The Kier molecular flexibility index (Phi) is 11.9. The Morgan fingerprint density at radius 3 is 2.45 bits per heavy atom. The lowest BCUT2D eigenvalue weighted by molar-refractivity contribution is 0.312. The molecule has 0 amide bonds. The first kappa shape index (κ1) is 32.6. The molecule has 0 spiro atoms. The van der Waals surface area contributed by atoms with E-state index in [2.05, 4.69) is 113 Å². The number of benzene rings is 1. The molecule has 3 aliphatic heterocycles. The summed E-state index contributed by atoms with van der Waals surface area (Å²) in [5.41, 5.74) is 7.60. The van der Waals surface area contributed by atoms with E-state index in [0.29, 0.717) is 0 Å². The fourth-order valence-corrected chi connectivity index (χ4v) is 5.50. The van der Waals surface area contributed by atoms with Crippen molar-refractivity contribution >= 4 is 29.4 Å². The number of rotatable bonds is 8. The summed E-state index contributed by atoms with van der Waals surface area (Å²) in [6.07, 6.45) is 18.2. The molecule has 3 aliphatic rings. The summed E-state index contributed by atoms with van der Waals surface area (Å²) in [5.74, 6) is 2.14. The van der Waals surface area contributed by atoms with Crippen molar-refractivity contribution in [2.24, 2.45) is 4.99 Å². The number of aromatic nitrogens is 1. The van der Waals surface area contributed by atoms with E-state index in [4.69, 9.17) is 4.99 Å². The normalized spacial score (nSPS) is 18.0. The molecule has 0 bridgehead atoms. The highest BCUT2D eigenvalue weighted by Crippen LogP contribution is 2.24. The lowest BCUT2D eigenvalue weighted by Gasteiger charge is -2.33. The Bertz CT molecular complexity index is 1370. The number of nitrogens with zero attached hydrogens (tertiary/aromatic N) is 5. The Hall–Kier alpha value is -3.90. The molecule has 0 saturated carbocycles. The molecule has 2 saturated heterocycles. The largest absolute Gasteiger partial charge is 0.359 e. The molecule has 0 unspecified atom stereocenters. The van der Waals surface area contributed by atoms with Crippen LogP contribution < -0.4 is 10.2 Å². The Labute approximate surface area is 256 Å². The minimum atomic E-state index is 0. The van der Waals surface area contributed by atoms with Crippen LogP contribution in [0.2, 0.25) is 0 Å². The smallest absolute Gasteiger partial charge is 0.129 e. The van der Waals surface area contributed by atoms with Crippen molar-refractivity contribution < 1.29 is 1.43 Å². The number of pyridine rings is 1. The van der Waals surface area contributed by atoms with Gasteiger partial charge in [-0.25, -0.2) is 9.98 Å². The molecule has 1 aromatic heterocycles. The molecule has 4 heterocycles. The van der Waals surface area contributed by atoms with Crippen LogP contribution in [0.3, 0.4) is 0 Å². The van der Waals surface area contributed by atoms with Crippen molar-refractivity contribution in [3.8, 4) is 0 Å². The van der Waals surface area contributed by atoms with Gasteiger partial charge in [-0.05, 0) is 87.7 Å². The number of likely N-dealkylation sites (tertiary alicyclic amines) is 1. The molecular formula is C36H52N6. The van der Waals surface area contributed by atoms with E-state index in [0.717, 1.165) is 96.7 Å². The van der Waals surface area contributed by atoms with Gasteiger partial charge in [0.25, 0.3) is 0 Å². The monoisotopic (exact) mass is 568 g/mol. The summed E-state index contributed by atoms with van der Waals surface area (Å²) in [5, 5.41) is 3.65. The van der Waals surface area contributed by atoms with E-state index in [9.17, 15) is 0 Å². The van der Waals surface area contributed by atoms with Gasteiger partial charge in [-0.1, -0.05) is 51.8 Å². The van der Waals surface area contributed by atoms with E-state index in [1.807, 2.05) is 12.3 Å². The maximum atomic E-state index is 5.09. The molecule has 6 heteroatoms. The quantitative estimate of drug-likeness (QED) is 0.354. The second-order valence-corrected chi connectivity index (χ2v) is 10.8. The minimum absolute atomic E-state index is 0. The molecule has 0 aliphatic carbocycles. The van der Waals surface area contributed by atoms with Gasteiger partial charge in [-0.15, -0.1) is 0 Å². The highest BCUT2D eigenvalue weighted by Gasteiger charge is 2.17. The molecular weight excluding hydrogens is 516 g/mol. The number of piperazine rings is 1. The maximum Gasteiger partial charge on any atom is 0.129 e. The van der Waals surface area contributed by atoms with Gasteiger partial charge >= 0.3 is 0 Å². The molecule has 0 radical (unpaired) electrons. The second kappa shape index (κ2) is 15.4. The van der Waals surface area contributed by atoms with E-state index >= 15 is 0 Å². The fourth-order valence-electron chi connectivity index (χ4n) is 5.50. The third-order valence-corrected chi connectivity index (χ3v) is 7.86. The van der Waals surface area contributed by atoms with Crippen LogP contribution in [0, 0.1) is 0 Å². The average molecular weight is 569 g/mol. The first-order chi connectivity index (χ1) is 19.5. The number of likely N-dealkylation sites (N-methyl/N-ethyl adjacent to an activating group) is 1. The first-order valence-corrected chi connectivity index (χ1v) is 14.5. The van der Waals surface area contributed by atoms with E-state index in [1.54, 1.807) is 0 Å². The molecule has 2 aromatic rings. The van der Waals surface area contributed by atoms with Crippen molar-refractivity contribution in [1.29, 1.82) is 0 Å². The summed E-state index contributed by atoms with van der Waals surface area (Å²) in [4.78, 5) is 16.9. The molecule has 1 aromatic carbocycles. The molecule has 0 atom stereocenters. The molecule has 6 nitrogen and oxygen atoms in total. The summed E-state index contributed by atoms with van der Waals surface area (Å²) in [6, 6.07) is 10.8. The molecule has 5 rings (SSSR count). The standard InChI is InChI=1S/C34H42N6.2CH4.H2/c1-5-27-13-14-28(32-11-7-8-12-33(37-32)39-17-9-10-18-39)24-30(27)23-26(3)36-31(6-2)29-15-16-35-34(25-29)40-21-19-38(4)20-22-40;;;/h5-7,11-16,23-25,36H,1,8-10,17-22H2,2-4H3;2*1H4;1H/b26-23+,31-6+;;;. The molecule has 226 valence electrons. The van der Waals surface area contributed by atoms with Gasteiger partial charge in [0.05, 0.1) is 5.71 Å². The van der Waals surface area contributed by atoms with Gasteiger partial charge in [0.15, 0.2) is 0 Å². The Morgan fingerprint density at radius 1 is 0.976 bits per heavy atom. The van der Waals surface area contributed by atoms with Crippen LogP contribution in [0.1, 0.15) is 71.6 Å². The van der Waals surface area contributed by atoms with Gasteiger partial charge < -0.3 is 20.0 Å². The van der Waals surface area contributed by atoms with Crippen molar-refractivity contribution in [3.05, 3.63) is 101 Å². The van der Waals surface area contributed by atoms with Crippen LogP contribution in [-0.2, 0) is 0 Å². The van der Waals surface area contributed by atoms with Gasteiger partial charge in [0, 0.05) is 69.4 Å². The molecule has 42 heavy (non-hydrogen) atoms. The zero-order valence-electron chi connectivity index (χ0n) is 24.2. The van der Waals surface area contributed by atoms with Crippen LogP contribution >= 0.6 is 0 Å². The zero-order chi connectivity index (χ0) is 27.9. The van der Waals surface area contributed by atoms with Gasteiger partial charge in [0.1, 0.15) is 11.6 Å². The molecule has 2 fully saturated rings.